The number of nitrogens with one attached hydrogen (secondary N) is 1. The van der Waals surface area contributed by atoms with Crippen LogP contribution in [0.25, 0.3) is 0 Å². The van der Waals surface area contributed by atoms with Crippen molar-refractivity contribution in [3.8, 4) is 0 Å². The van der Waals surface area contributed by atoms with Crippen LogP contribution in [0.5, 0.6) is 0 Å². The van der Waals surface area contributed by atoms with Gasteiger partial charge >= 0.3 is 0 Å². The van der Waals surface area contributed by atoms with Crippen molar-refractivity contribution in [2.75, 3.05) is 6.61 Å². The predicted octanol–water partition coefficient (Wildman–Crippen LogP) is 1.43. The number of aliphatic hydroxyl groups excluding tert-OH is 2. The second kappa shape index (κ2) is 6.87. The lowest BCUT2D eigenvalue weighted by Gasteiger charge is -2.29. The highest BCUT2D eigenvalue weighted by atomic mass is 32.2. The maximum Gasteiger partial charge on any atom is 0.240 e. The lowest BCUT2D eigenvalue weighted by molar-refractivity contribution is 0.0420. The molecule has 0 bridgehead atoms. The fraction of sp³-hybridized carbons (Fsp3) is 0.600. The van der Waals surface area contributed by atoms with Crippen molar-refractivity contribution in [2.45, 2.75) is 51.2 Å². The Morgan fingerprint density at radius 2 is 1.71 bits per heavy atom. The summed E-state index contributed by atoms with van der Waals surface area (Å²) in [5.41, 5.74) is 0.596. The molecule has 0 amide bonds. The number of hydrogen-bond acceptors (Lipinski definition) is 4. The number of aliphatic hydroxyl groups is 2. The van der Waals surface area contributed by atoms with Crippen molar-refractivity contribution in [3.05, 3.63) is 29.8 Å². The van der Waals surface area contributed by atoms with Gasteiger partial charge in [-0.25, -0.2) is 13.1 Å². The number of rotatable bonds is 6. The summed E-state index contributed by atoms with van der Waals surface area (Å²) in [6.07, 6.45) is -0.555. The first-order valence-corrected chi connectivity index (χ1v) is 8.42. The summed E-state index contributed by atoms with van der Waals surface area (Å²) < 4.78 is 26.9. The topological polar surface area (TPSA) is 86.6 Å². The molecule has 120 valence electrons. The summed E-state index contributed by atoms with van der Waals surface area (Å²) in [7, 11) is -3.70. The van der Waals surface area contributed by atoms with Gasteiger partial charge in [-0.05, 0) is 30.9 Å². The Morgan fingerprint density at radius 1 is 1.19 bits per heavy atom. The maximum atomic E-state index is 12.2. The Balaban J connectivity index is 2.83. The summed E-state index contributed by atoms with van der Waals surface area (Å²) in [5, 5.41) is 19.4. The van der Waals surface area contributed by atoms with Crippen molar-refractivity contribution >= 4 is 10.0 Å². The molecule has 0 fully saturated rings. The minimum Gasteiger partial charge on any atom is -0.395 e. The molecule has 0 heterocycles. The maximum absolute atomic E-state index is 12.2. The number of hydrogen-bond donors (Lipinski definition) is 3. The van der Waals surface area contributed by atoms with E-state index in [0.717, 1.165) is 5.56 Å². The zero-order valence-electron chi connectivity index (χ0n) is 13.0. The van der Waals surface area contributed by atoms with Crippen molar-refractivity contribution in [2.24, 2.45) is 5.41 Å². The number of sulfonamides is 1. The van der Waals surface area contributed by atoms with Gasteiger partial charge in [-0.3, -0.25) is 0 Å². The minimum absolute atomic E-state index is 0.150. The van der Waals surface area contributed by atoms with Crippen molar-refractivity contribution < 1.29 is 18.6 Å². The summed E-state index contributed by atoms with van der Waals surface area (Å²) >= 11 is 0. The molecule has 21 heavy (non-hydrogen) atoms. The van der Waals surface area contributed by atoms with E-state index in [4.69, 9.17) is 0 Å². The van der Waals surface area contributed by atoms with E-state index >= 15 is 0 Å². The molecule has 2 atom stereocenters. The lowest BCUT2D eigenvalue weighted by atomic mass is 9.86. The zero-order chi connectivity index (χ0) is 16.3. The molecule has 0 aliphatic rings. The second-order valence-electron chi connectivity index (χ2n) is 6.43. The third-order valence-corrected chi connectivity index (χ3v) is 4.92. The largest absolute Gasteiger partial charge is 0.395 e. The summed E-state index contributed by atoms with van der Waals surface area (Å²) in [4.78, 5) is 0.150. The molecule has 0 spiro atoms. The van der Waals surface area contributed by atoms with Crippen LogP contribution in [-0.4, -0.2) is 37.4 Å². The van der Waals surface area contributed by atoms with E-state index in [0.29, 0.717) is 0 Å². The Labute approximate surface area is 127 Å². The molecule has 0 aliphatic heterocycles. The first kappa shape index (κ1) is 18.1. The monoisotopic (exact) mass is 315 g/mol. The Kier molecular flexibility index (Phi) is 5.92. The van der Waals surface area contributed by atoms with Crippen LogP contribution >= 0.6 is 0 Å². The van der Waals surface area contributed by atoms with Crippen LogP contribution in [0.4, 0.5) is 0 Å². The first-order valence-electron chi connectivity index (χ1n) is 6.94. The molecule has 6 heteroatoms. The predicted molar refractivity (Wildman–Crippen MR) is 82.5 cm³/mol. The normalized spacial score (nSPS) is 15.7. The molecule has 0 saturated carbocycles. The Bertz CT molecular complexity index is 546. The van der Waals surface area contributed by atoms with Gasteiger partial charge < -0.3 is 10.2 Å². The Hall–Kier alpha value is -0.950. The molecular formula is C15H25NO4S. The minimum atomic E-state index is -3.70. The van der Waals surface area contributed by atoms with Crippen LogP contribution in [0.15, 0.2) is 29.2 Å². The summed E-state index contributed by atoms with van der Waals surface area (Å²) in [6.45, 7) is 7.10. The molecule has 1 aromatic carbocycles. The molecule has 0 radical (unpaired) electrons. The average Bonchev–Trinajstić information content (AvgIpc) is 2.36. The molecule has 0 unspecified atom stereocenters. The van der Waals surface area contributed by atoms with Gasteiger partial charge in [-0.15, -0.1) is 0 Å². The number of benzene rings is 1. The van der Waals surface area contributed by atoms with E-state index in [-0.39, 0.29) is 23.3 Å². The highest BCUT2D eigenvalue weighted by Crippen LogP contribution is 2.23. The van der Waals surface area contributed by atoms with Crippen LogP contribution in [0, 0.1) is 12.3 Å². The van der Waals surface area contributed by atoms with Gasteiger partial charge in [0.1, 0.15) is 0 Å². The zero-order valence-corrected chi connectivity index (χ0v) is 13.8. The molecule has 3 N–H and O–H groups in total. The highest BCUT2D eigenvalue weighted by molar-refractivity contribution is 7.89. The van der Waals surface area contributed by atoms with E-state index in [1.807, 2.05) is 27.7 Å². The van der Waals surface area contributed by atoms with E-state index in [2.05, 4.69) is 4.72 Å². The van der Waals surface area contributed by atoms with Gasteiger partial charge in [0.05, 0.1) is 17.6 Å². The highest BCUT2D eigenvalue weighted by Gasteiger charge is 2.28. The van der Waals surface area contributed by atoms with Gasteiger partial charge in [0.25, 0.3) is 0 Å². The van der Waals surface area contributed by atoms with Crippen LogP contribution in [-0.2, 0) is 10.0 Å². The van der Waals surface area contributed by atoms with E-state index in [1.165, 1.54) is 12.1 Å². The van der Waals surface area contributed by atoms with Gasteiger partial charge in [-0.1, -0.05) is 38.5 Å². The van der Waals surface area contributed by atoms with E-state index < -0.39 is 22.2 Å². The van der Waals surface area contributed by atoms with Crippen molar-refractivity contribution in [1.82, 2.24) is 4.72 Å². The Morgan fingerprint density at radius 3 is 2.14 bits per heavy atom. The van der Waals surface area contributed by atoms with Gasteiger partial charge in [-0.2, -0.15) is 0 Å². The van der Waals surface area contributed by atoms with Gasteiger partial charge in [0.15, 0.2) is 0 Å². The third kappa shape index (κ3) is 5.39. The quantitative estimate of drug-likeness (QED) is 0.741. The van der Waals surface area contributed by atoms with Crippen molar-refractivity contribution in [3.63, 3.8) is 0 Å². The fourth-order valence-electron chi connectivity index (χ4n) is 1.79. The van der Waals surface area contributed by atoms with E-state index in [1.54, 1.807) is 12.1 Å². The third-order valence-electron chi connectivity index (χ3n) is 3.38. The van der Waals surface area contributed by atoms with E-state index in [9.17, 15) is 18.6 Å². The fourth-order valence-corrected chi connectivity index (χ4v) is 3.03. The number of aryl methyl sites for hydroxylation is 1. The van der Waals surface area contributed by atoms with Crippen LogP contribution in [0.2, 0.25) is 0 Å². The molecule has 0 aliphatic carbocycles. The molecule has 0 saturated heterocycles. The molecule has 1 rings (SSSR count). The first-order chi connectivity index (χ1) is 9.56. The molecule has 1 aromatic rings. The standard InChI is InChI=1S/C15H25NO4S/c1-11-5-7-13(8-6-11)21(19,20)16-12(10-17)9-14(18)15(2,3)4/h5-8,12,14,16-18H,9-10H2,1-4H3/t12-,14+/m0/s1. The summed E-state index contributed by atoms with van der Waals surface area (Å²) in [5.74, 6) is 0. The second-order valence-corrected chi connectivity index (χ2v) is 8.15. The summed E-state index contributed by atoms with van der Waals surface area (Å²) in [6, 6.07) is 5.75. The van der Waals surface area contributed by atoms with Crippen LogP contribution < -0.4 is 4.72 Å². The average molecular weight is 315 g/mol. The molecule has 5 nitrogen and oxygen atoms in total. The van der Waals surface area contributed by atoms with Crippen molar-refractivity contribution in [1.29, 1.82) is 0 Å². The molecule has 0 aromatic heterocycles. The van der Waals surface area contributed by atoms with Gasteiger partial charge in [0.2, 0.25) is 10.0 Å². The lowest BCUT2D eigenvalue weighted by Crippen LogP contribution is -2.42. The van der Waals surface area contributed by atoms with Gasteiger partial charge in [0, 0.05) is 6.04 Å². The SMILES string of the molecule is Cc1ccc(S(=O)(=O)N[C@H](CO)C[C@@H](O)C(C)(C)C)cc1. The van der Waals surface area contributed by atoms with Crippen LogP contribution in [0.3, 0.4) is 0 Å². The molecular weight excluding hydrogens is 290 g/mol. The smallest absolute Gasteiger partial charge is 0.240 e. The van der Waals surface area contributed by atoms with Crippen LogP contribution in [0.1, 0.15) is 32.8 Å².